The summed E-state index contributed by atoms with van der Waals surface area (Å²) in [6.45, 7) is 3.99. The number of hydrogen-bond acceptors (Lipinski definition) is 6. The van der Waals surface area contributed by atoms with E-state index in [-0.39, 0.29) is 30.3 Å². The normalized spacial score (nSPS) is 12.0. The average Bonchev–Trinajstić information content (AvgIpc) is 3.09. The second-order valence-corrected chi connectivity index (χ2v) is 6.95. The lowest BCUT2D eigenvalue weighted by atomic mass is 9.98. The van der Waals surface area contributed by atoms with Crippen LogP contribution in [0.25, 0.3) is 22.3 Å². The second kappa shape index (κ2) is 7.24. The van der Waals surface area contributed by atoms with Crippen molar-refractivity contribution in [2.75, 3.05) is 7.11 Å². The van der Waals surface area contributed by atoms with E-state index in [0.717, 1.165) is 34.1 Å². The Morgan fingerprint density at radius 2 is 2.03 bits per heavy atom. The van der Waals surface area contributed by atoms with Crippen LogP contribution in [0.5, 0.6) is 11.5 Å². The minimum atomic E-state index is -0.374. The highest BCUT2D eigenvalue weighted by Crippen LogP contribution is 2.38. The quantitative estimate of drug-likeness (QED) is 0.523. The Morgan fingerprint density at radius 3 is 2.72 bits per heavy atom. The number of esters is 1. The minimum absolute atomic E-state index is 0.130. The van der Waals surface area contributed by atoms with E-state index in [4.69, 9.17) is 14.5 Å². The minimum Gasteiger partial charge on any atom is -0.508 e. The number of phenols is 1. The Balaban J connectivity index is 1.90. The highest BCUT2D eigenvalue weighted by atomic mass is 16.5. The predicted octanol–water partition coefficient (Wildman–Crippen LogP) is 3.16. The summed E-state index contributed by atoms with van der Waals surface area (Å²) < 4.78 is 12.3. The summed E-state index contributed by atoms with van der Waals surface area (Å²) in [5, 5.41) is 10.8. The van der Waals surface area contributed by atoms with Crippen molar-refractivity contribution < 1.29 is 19.4 Å². The fourth-order valence-corrected chi connectivity index (χ4v) is 3.89. The maximum Gasteiger partial charge on any atom is 0.305 e. The molecule has 1 aliphatic rings. The maximum atomic E-state index is 13.2. The molecule has 29 heavy (non-hydrogen) atoms. The number of methoxy groups -OCH3 is 1. The summed E-state index contributed by atoms with van der Waals surface area (Å²) >= 11 is 0. The molecule has 0 amide bonds. The molecule has 0 spiro atoms. The molecule has 1 aromatic carbocycles. The van der Waals surface area contributed by atoms with Gasteiger partial charge in [0.05, 0.1) is 36.1 Å². The van der Waals surface area contributed by atoms with Crippen molar-refractivity contribution >= 4 is 16.9 Å². The van der Waals surface area contributed by atoms with Gasteiger partial charge < -0.3 is 19.1 Å². The molecule has 0 saturated heterocycles. The standard InChI is InChI=1S/C22H22N2O5/c1-4-13-14-8-12(25)6-7-17(14)23-21-15(13)10-24-18(21)9-19(28-3)16(22(24)27)11-29-20(26)5-2/h6-9,25H,4-5,10-11H2,1-3H3. The van der Waals surface area contributed by atoms with Gasteiger partial charge in [0.25, 0.3) is 5.56 Å². The number of hydrogen-bond donors (Lipinski definition) is 1. The topological polar surface area (TPSA) is 90.7 Å². The fraction of sp³-hybridized carbons (Fsp3) is 0.318. The molecule has 2 aromatic heterocycles. The van der Waals surface area contributed by atoms with E-state index >= 15 is 0 Å². The van der Waals surface area contributed by atoms with Gasteiger partial charge in [0.2, 0.25) is 0 Å². The van der Waals surface area contributed by atoms with Gasteiger partial charge in [-0.1, -0.05) is 13.8 Å². The highest BCUT2D eigenvalue weighted by molar-refractivity contribution is 5.89. The van der Waals surface area contributed by atoms with Crippen LogP contribution in [0.2, 0.25) is 0 Å². The first-order valence-electron chi connectivity index (χ1n) is 9.59. The average molecular weight is 394 g/mol. The van der Waals surface area contributed by atoms with E-state index in [9.17, 15) is 14.7 Å². The number of rotatable bonds is 5. The van der Waals surface area contributed by atoms with Crippen molar-refractivity contribution in [1.82, 2.24) is 9.55 Å². The van der Waals surface area contributed by atoms with Crippen molar-refractivity contribution in [2.45, 2.75) is 39.8 Å². The summed E-state index contributed by atoms with van der Waals surface area (Å²) in [7, 11) is 1.49. The number of pyridine rings is 2. The van der Waals surface area contributed by atoms with Crippen LogP contribution in [0.15, 0.2) is 29.1 Å². The van der Waals surface area contributed by atoms with Crippen LogP contribution in [-0.2, 0) is 29.1 Å². The molecule has 0 saturated carbocycles. The largest absolute Gasteiger partial charge is 0.508 e. The van der Waals surface area contributed by atoms with E-state index in [1.807, 2.05) is 6.92 Å². The third-order valence-electron chi connectivity index (χ3n) is 5.35. The van der Waals surface area contributed by atoms with E-state index in [0.29, 0.717) is 23.6 Å². The first-order valence-corrected chi connectivity index (χ1v) is 9.59. The summed E-state index contributed by atoms with van der Waals surface area (Å²) in [6, 6.07) is 6.88. The van der Waals surface area contributed by atoms with Crippen molar-refractivity contribution in [1.29, 1.82) is 0 Å². The Hall–Kier alpha value is -3.35. The smallest absolute Gasteiger partial charge is 0.305 e. The third-order valence-corrected chi connectivity index (χ3v) is 5.35. The molecule has 0 unspecified atom stereocenters. The molecule has 4 rings (SSSR count). The molecular formula is C22H22N2O5. The Morgan fingerprint density at radius 1 is 1.24 bits per heavy atom. The van der Waals surface area contributed by atoms with Gasteiger partial charge in [0.15, 0.2) is 0 Å². The lowest BCUT2D eigenvalue weighted by molar-refractivity contribution is -0.144. The molecule has 3 aromatic rings. The van der Waals surface area contributed by atoms with E-state index in [2.05, 4.69) is 0 Å². The zero-order valence-electron chi connectivity index (χ0n) is 16.6. The lowest BCUT2D eigenvalue weighted by Gasteiger charge is -2.12. The molecule has 3 heterocycles. The zero-order valence-corrected chi connectivity index (χ0v) is 16.6. The van der Waals surface area contributed by atoms with Crippen molar-refractivity contribution in [2.24, 2.45) is 0 Å². The first kappa shape index (κ1) is 19.0. The molecule has 0 bridgehead atoms. The number of benzene rings is 1. The van der Waals surface area contributed by atoms with Gasteiger partial charge in [0.1, 0.15) is 18.1 Å². The molecule has 0 atom stereocenters. The summed E-state index contributed by atoms with van der Waals surface area (Å²) in [4.78, 5) is 29.5. The molecule has 1 aliphatic heterocycles. The van der Waals surface area contributed by atoms with Crippen LogP contribution < -0.4 is 10.3 Å². The van der Waals surface area contributed by atoms with Crippen molar-refractivity contribution in [3.8, 4) is 22.9 Å². The maximum absolute atomic E-state index is 13.2. The Bertz CT molecular complexity index is 1200. The molecule has 7 nitrogen and oxygen atoms in total. The second-order valence-electron chi connectivity index (χ2n) is 6.95. The van der Waals surface area contributed by atoms with Gasteiger partial charge in [-0.2, -0.15) is 0 Å². The van der Waals surface area contributed by atoms with Crippen LogP contribution in [0, 0.1) is 0 Å². The van der Waals surface area contributed by atoms with Crippen LogP contribution in [0.4, 0.5) is 0 Å². The number of aryl methyl sites for hydroxylation is 1. The summed E-state index contributed by atoms with van der Waals surface area (Å²) in [5.74, 6) is 0.188. The van der Waals surface area contributed by atoms with Crippen LogP contribution in [-0.4, -0.2) is 27.7 Å². The van der Waals surface area contributed by atoms with E-state index < -0.39 is 0 Å². The molecule has 7 heteroatoms. The van der Waals surface area contributed by atoms with Gasteiger partial charge in [-0.3, -0.25) is 9.59 Å². The molecule has 0 fully saturated rings. The van der Waals surface area contributed by atoms with Gasteiger partial charge in [-0.05, 0) is 30.2 Å². The van der Waals surface area contributed by atoms with E-state index in [1.165, 1.54) is 7.11 Å². The molecular weight excluding hydrogens is 372 g/mol. The Labute approximate surface area is 167 Å². The van der Waals surface area contributed by atoms with Crippen molar-refractivity contribution in [3.63, 3.8) is 0 Å². The molecule has 0 aliphatic carbocycles. The molecule has 1 N–H and O–H groups in total. The van der Waals surface area contributed by atoms with Gasteiger partial charge in [-0.15, -0.1) is 0 Å². The van der Waals surface area contributed by atoms with Gasteiger partial charge >= 0.3 is 5.97 Å². The lowest BCUT2D eigenvalue weighted by Crippen LogP contribution is -2.25. The SMILES string of the molecule is CCC(=O)OCc1c(OC)cc2n(c1=O)Cc1c-2nc2ccc(O)cc2c1CC. The number of fused-ring (bicyclic) bond motifs is 4. The predicted molar refractivity (Wildman–Crippen MR) is 108 cm³/mol. The Kier molecular flexibility index (Phi) is 4.74. The highest BCUT2D eigenvalue weighted by Gasteiger charge is 2.28. The monoisotopic (exact) mass is 394 g/mol. The molecule has 0 radical (unpaired) electrons. The number of aromatic hydroxyl groups is 1. The fourth-order valence-electron chi connectivity index (χ4n) is 3.89. The zero-order chi connectivity index (χ0) is 20.7. The van der Waals surface area contributed by atoms with Crippen LogP contribution in [0.3, 0.4) is 0 Å². The van der Waals surface area contributed by atoms with Gasteiger partial charge in [-0.25, -0.2) is 4.98 Å². The van der Waals surface area contributed by atoms with Gasteiger partial charge in [0, 0.05) is 23.4 Å². The summed E-state index contributed by atoms with van der Waals surface area (Å²) in [6.07, 6.45) is 0.981. The number of aromatic nitrogens is 2. The van der Waals surface area contributed by atoms with E-state index in [1.54, 1.807) is 35.8 Å². The number of ether oxygens (including phenoxy) is 2. The first-order chi connectivity index (χ1) is 14.0. The number of phenolic OH excluding ortho intramolecular Hbond substituents is 1. The number of carbonyl (C=O) groups excluding carboxylic acids is 1. The van der Waals surface area contributed by atoms with Crippen LogP contribution in [0.1, 0.15) is 37.0 Å². The van der Waals surface area contributed by atoms with Crippen molar-refractivity contribution in [3.05, 3.63) is 51.3 Å². The van der Waals surface area contributed by atoms with Crippen LogP contribution >= 0.6 is 0 Å². The summed E-state index contributed by atoms with van der Waals surface area (Å²) in [5.41, 5.74) is 4.26. The number of nitrogens with zero attached hydrogens (tertiary/aromatic N) is 2. The molecule has 150 valence electrons. The third kappa shape index (κ3) is 3.03. The number of carbonyl (C=O) groups is 1.